The van der Waals surface area contributed by atoms with Crippen LogP contribution in [0.4, 0.5) is 0 Å². The van der Waals surface area contributed by atoms with E-state index in [9.17, 15) is 4.79 Å². The van der Waals surface area contributed by atoms with Crippen LogP contribution in [-0.2, 0) is 11.4 Å². The summed E-state index contributed by atoms with van der Waals surface area (Å²) in [5, 5.41) is 13.8. The van der Waals surface area contributed by atoms with Gasteiger partial charge in [0.05, 0.1) is 0 Å². The lowest BCUT2D eigenvalue weighted by Crippen LogP contribution is -2.09. The first-order chi connectivity index (χ1) is 17.1. The minimum Gasteiger partial charge on any atom is -0.489 e. The predicted octanol–water partition coefficient (Wildman–Crippen LogP) is 6.81. The summed E-state index contributed by atoms with van der Waals surface area (Å²) in [7, 11) is 0. The number of halogens is 1. The second kappa shape index (κ2) is 9.91. The molecule has 0 unspecified atom stereocenters. The number of rotatable bonds is 8. The van der Waals surface area contributed by atoms with Gasteiger partial charge < -0.3 is 19.1 Å². The van der Waals surface area contributed by atoms with Crippen LogP contribution < -0.4 is 9.47 Å². The molecule has 0 saturated carbocycles. The fraction of sp³-hybridized carbons (Fsp3) is 0.0714. The zero-order valence-corrected chi connectivity index (χ0v) is 19.2. The van der Waals surface area contributed by atoms with Gasteiger partial charge in [-0.05, 0) is 66.2 Å². The monoisotopic (exact) mass is 485 g/mol. The molecular weight excluding hydrogens is 466 g/mol. The van der Waals surface area contributed by atoms with Crippen molar-refractivity contribution in [2.24, 2.45) is 0 Å². The number of fused-ring (bicyclic) bond motifs is 1. The van der Waals surface area contributed by atoms with Crippen molar-refractivity contribution in [2.45, 2.75) is 6.61 Å². The standard InChI is InChI=1S/C28H20ClNO5/c29-21-10-4-18(5-11-21)16-33-22-14-8-20(9-15-22)28-25-3-1-2-24(25)27(30-35-28)19-6-12-23(13-7-19)34-17-26(31)32/h1-15H,16-17H2,(H,31,32). The van der Waals surface area contributed by atoms with E-state index in [0.29, 0.717) is 28.8 Å². The Kier molecular flexibility index (Phi) is 6.37. The van der Waals surface area contributed by atoms with Crippen molar-refractivity contribution >= 4 is 17.6 Å². The van der Waals surface area contributed by atoms with Crippen molar-refractivity contribution in [3.8, 4) is 45.2 Å². The molecular formula is C28H20ClNO5. The number of hydrogen-bond acceptors (Lipinski definition) is 5. The Morgan fingerprint density at radius 2 is 1.43 bits per heavy atom. The molecule has 2 aliphatic rings. The van der Waals surface area contributed by atoms with E-state index >= 15 is 0 Å². The highest BCUT2D eigenvalue weighted by molar-refractivity contribution is 6.30. The van der Waals surface area contributed by atoms with Gasteiger partial charge in [-0.25, -0.2) is 4.79 Å². The van der Waals surface area contributed by atoms with Crippen molar-refractivity contribution in [3.05, 3.63) is 102 Å². The van der Waals surface area contributed by atoms with E-state index < -0.39 is 5.97 Å². The molecule has 0 bridgehead atoms. The molecule has 6 nitrogen and oxygen atoms in total. The second-order valence-corrected chi connectivity index (χ2v) is 8.30. The van der Waals surface area contributed by atoms with Crippen molar-refractivity contribution < 1.29 is 23.9 Å². The first-order valence-electron chi connectivity index (χ1n) is 10.9. The molecule has 174 valence electrons. The van der Waals surface area contributed by atoms with Crippen molar-refractivity contribution in [1.82, 2.24) is 5.16 Å². The third-order valence-corrected chi connectivity index (χ3v) is 5.72. The van der Waals surface area contributed by atoms with E-state index in [1.54, 1.807) is 12.1 Å². The van der Waals surface area contributed by atoms with Crippen LogP contribution in [0.25, 0.3) is 33.7 Å². The molecule has 1 N–H and O–H groups in total. The molecule has 0 spiro atoms. The van der Waals surface area contributed by atoms with Crippen LogP contribution in [0.5, 0.6) is 11.5 Å². The van der Waals surface area contributed by atoms with E-state index in [4.69, 9.17) is 30.7 Å². The first-order valence-corrected chi connectivity index (χ1v) is 11.3. The number of ether oxygens (including phenoxy) is 2. The number of aliphatic carboxylic acids is 1. The van der Waals surface area contributed by atoms with Gasteiger partial charge in [-0.1, -0.05) is 47.1 Å². The maximum atomic E-state index is 10.7. The molecule has 35 heavy (non-hydrogen) atoms. The highest BCUT2D eigenvalue weighted by Gasteiger charge is 2.19. The summed E-state index contributed by atoms with van der Waals surface area (Å²) in [5.74, 6) is 0.864. The van der Waals surface area contributed by atoms with Crippen LogP contribution in [-0.4, -0.2) is 22.8 Å². The molecule has 1 heterocycles. The quantitative estimate of drug-likeness (QED) is 0.260. The number of carbonyl (C=O) groups is 1. The third-order valence-electron chi connectivity index (χ3n) is 5.47. The topological polar surface area (TPSA) is 81.8 Å². The maximum absolute atomic E-state index is 10.7. The SMILES string of the molecule is O=C(O)COc1ccc(-c2noc(-c3ccc(OCc4ccc(Cl)cc4)cc3)c3cccc2-3)cc1. The van der Waals surface area contributed by atoms with E-state index in [-0.39, 0.29) is 6.61 Å². The minimum absolute atomic E-state index is 0.389. The molecule has 5 rings (SSSR count). The number of carboxylic acid groups (broad SMARTS) is 1. The molecule has 1 aliphatic carbocycles. The molecule has 3 aromatic carbocycles. The Balaban J connectivity index is 1.34. The van der Waals surface area contributed by atoms with Crippen molar-refractivity contribution in [2.75, 3.05) is 6.61 Å². The second-order valence-electron chi connectivity index (χ2n) is 7.86. The number of aromatic nitrogens is 1. The van der Waals surface area contributed by atoms with Crippen LogP contribution in [0.15, 0.2) is 95.5 Å². The fourth-order valence-electron chi connectivity index (χ4n) is 3.73. The zero-order valence-electron chi connectivity index (χ0n) is 18.5. The van der Waals surface area contributed by atoms with Gasteiger partial charge in [-0.15, -0.1) is 0 Å². The minimum atomic E-state index is -1.02. The Morgan fingerprint density at radius 1 is 0.800 bits per heavy atom. The van der Waals surface area contributed by atoms with E-state index in [0.717, 1.165) is 33.6 Å². The fourth-order valence-corrected chi connectivity index (χ4v) is 3.86. The summed E-state index contributed by atoms with van der Waals surface area (Å²) < 4.78 is 16.9. The summed E-state index contributed by atoms with van der Waals surface area (Å²) in [5.41, 5.74) is 5.35. The van der Waals surface area contributed by atoms with Crippen molar-refractivity contribution in [3.63, 3.8) is 0 Å². The summed E-state index contributed by atoms with van der Waals surface area (Å²) >= 11 is 5.93. The molecule has 0 atom stereocenters. The highest BCUT2D eigenvalue weighted by atomic mass is 35.5. The van der Waals surface area contributed by atoms with Crippen LogP contribution in [0, 0.1) is 0 Å². The Labute approximate surface area is 206 Å². The summed E-state index contributed by atoms with van der Waals surface area (Å²) in [6.45, 7) is 0.0596. The van der Waals surface area contributed by atoms with Crippen LogP contribution in [0.1, 0.15) is 5.56 Å². The van der Waals surface area contributed by atoms with Crippen molar-refractivity contribution in [1.29, 1.82) is 0 Å². The van der Waals surface area contributed by atoms with Gasteiger partial charge in [0.1, 0.15) is 23.8 Å². The number of nitrogens with zero attached hydrogens (tertiary/aromatic N) is 1. The first kappa shape index (κ1) is 22.5. The normalized spacial score (nSPS) is 10.9. The summed E-state index contributed by atoms with van der Waals surface area (Å²) in [6, 6.07) is 28.3. The Bertz CT molecular complexity index is 1410. The molecule has 0 fully saturated rings. The van der Waals surface area contributed by atoms with Gasteiger partial charge in [-0.2, -0.15) is 0 Å². The molecule has 3 aromatic rings. The smallest absolute Gasteiger partial charge is 0.341 e. The average Bonchev–Trinajstić information content (AvgIpc) is 3.38. The van der Waals surface area contributed by atoms with Crippen LogP contribution in [0.2, 0.25) is 5.02 Å². The summed E-state index contributed by atoms with van der Waals surface area (Å²) in [4.78, 5) is 10.7. The van der Waals surface area contributed by atoms with E-state index in [1.807, 2.05) is 78.9 Å². The molecule has 0 saturated heterocycles. The van der Waals surface area contributed by atoms with E-state index in [2.05, 4.69) is 5.16 Å². The number of hydrogen-bond donors (Lipinski definition) is 1. The average molecular weight is 486 g/mol. The lowest BCUT2D eigenvalue weighted by Gasteiger charge is -2.12. The lowest BCUT2D eigenvalue weighted by atomic mass is 9.99. The van der Waals surface area contributed by atoms with Gasteiger partial charge in [-0.3, -0.25) is 0 Å². The zero-order chi connectivity index (χ0) is 24.2. The van der Waals surface area contributed by atoms with Gasteiger partial charge in [0, 0.05) is 27.3 Å². The molecule has 0 radical (unpaired) electrons. The van der Waals surface area contributed by atoms with Gasteiger partial charge in [0.25, 0.3) is 0 Å². The van der Waals surface area contributed by atoms with Gasteiger partial charge in [0.2, 0.25) is 0 Å². The third kappa shape index (κ3) is 5.13. The maximum Gasteiger partial charge on any atom is 0.341 e. The predicted molar refractivity (Wildman–Crippen MR) is 133 cm³/mol. The molecule has 0 amide bonds. The highest BCUT2D eigenvalue weighted by Crippen LogP contribution is 2.40. The molecule has 0 aromatic heterocycles. The lowest BCUT2D eigenvalue weighted by molar-refractivity contribution is -0.139. The van der Waals surface area contributed by atoms with E-state index in [1.165, 1.54) is 0 Å². The largest absolute Gasteiger partial charge is 0.489 e. The molecule has 1 aliphatic heterocycles. The van der Waals surface area contributed by atoms with Gasteiger partial charge in [0.15, 0.2) is 12.4 Å². The van der Waals surface area contributed by atoms with Gasteiger partial charge >= 0.3 is 5.97 Å². The Morgan fingerprint density at radius 3 is 2.11 bits per heavy atom. The number of carboxylic acids is 1. The summed E-state index contributed by atoms with van der Waals surface area (Å²) in [6.07, 6.45) is 0. The molecule has 7 heteroatoms. The van der Waals surface area contributed by atoms with Crippen LogP contribution in [0.3, 0.4) is 0 Å². The Hall–Kier alpha value is -4.29. The number of benzene rings is 3. The van der Waals surface area contributed by atoms with Crippen LogP contribution >= 0.6 is 11.6 Å².